The van der Waals surface area contributed by atoms with Crippen LogP contribution in [-0.4, -0.2) is 30.7 Å². The molecule has 1 amide bonds. The number of nitrogens with zero attached hydrogens (tertiary/aromatic N) is 1. The van der Waals surface area contributed by atoms with E-state index in [0.29, 0.717) is 23.6 Å². The molecule has 1 heterocycles. The van der Waals surface area contributed by atoms with Crippen LogP contribution >= 0.6 is 12.2 Å². The van der Waals surface area contributed by atoms with Crippen molar-refractivity contribution in [2.45, 2.75) is 25.9 Å². The molecule has 2 aromatic carbocycles. The molecule has 30 heavy (non-hydrogen) atoms. The standard InChI is InChI=1S/C21H22F3N3O2S/c1-2-29-16-8-5-14(6-9-16)19(28)26-20(30)25-17-13-15(21(22,23)24)7-10-18(17)27-11-3-4-12-27/h5-10,13H,2-4,11-12H2,1H3,(H2,25,26,28,30). The molecule has 2 aromatic rings. The molecule has 0 aromatic heterocycles. The fourth-order valence-corrected chi connectivity index (χ4v) is 3.45. The van der Waals surface area contributed by atoms with Crippen LogP contribution in [0.4, 0.5) is 24.5 Å². The molecule has 0 unspecified atom stereocenters. The summed E-state index contributed by atoms with van der Waals surface area (Å²) < 4.78 is 44.9. The van der Waals surface area contributed by atoms with Crippen LogP contribution in [0.2, 0.25) is 0 Å². The number of hydrogen-bond donors (Lipinski definition) is 2. The maximum atomic E-state index is 13.2. The zero-order valence-electron chi connectivity index (χ0n) is 16.4. The molecule has 0 aliphatic carbocycles. The summed E-state index contributed by atoms with van der Waals surface area (Å²) >= 11 is 5.18. The van der Waals surface area contributed by atoms with Gasteiger partial charge in [0.2, 0.25) is 0 Å². The van der Waals surface area contributed by atoms with E-state index in [2.05, 4.69) is 10.6 Å². The zero-order valence-corrected chi connectivity index (χ0v) is 17.2. The second-order valence-electron chi connectivity index (χ2n) is 6.79. The highest BCUT2D eigenvalue weighted by Crippen LogP contribution is 2.36. The molecule has 1 fully saturated rings. The first-order chi connectivity index (χ1) is 14.3. The Morgan fingerprint density at radius 1 is 1.13 bits per heavy atom. The van der Waals surface area contributed by atoms with E-state index in [1.165, 1.54) is 6.07 Å². The molecular formula is C21H22F3N3O2S. The van der Waals surface area contributed by atoms with E-state index in [1.54, 1.807) is 24.3 Å². The normalized spacial score (nSPS) is 13.8. The van der Waals surface area contributed by atoms with Crippen LogP contribution in [-0.2, 0) is 6.18 Å². The van der Waals surface area contributed by atoms with Crippen molar-refractivity contribution in [2.24, 2.45) is 0 Å². The van der Waals surface area contributed by atoms with Gasteiger partial charge in [-0.3, -0.25) is 10.1 Å². The van der Waals surface area contributed by atoms with Gasteiger partial charge in [-0.05, 0) is 74.4 Å². The fraction of sp³-hybridized carbons (Fsp3) is 0.333. The van der Waals surface area contributed by atoms with Gasteiger partial charge in [-0.15, -0.1) is 0 Å². The van der Waals surface area contributed by atoms with Gasteiger partial charge >= 0.3 is 6.18 Å². The average molecular weight is 437 g/mol. The minimum atomic E-state index is -4.48. The number of benzene rings is 2. The van der Waals surface area contributed by atoms with Crippen molar-refractivity contribution in [3.63, 3.8) is 0 Å². The third-order valence-electron chi connectivity index (χ3n) is 4.67. The molecule has 1 aliphatic rings. The third kappa shape index (κ3) is 5.41. The Balaban J connectivity index is 1.74. The Morgan fingerprint density at radius 2 is 1.80 bits per heavy atom. The molecule has 0 radical (unpaired) electrons. The molecule has 3 rings (SSSR count). The topological polar surface area (TPSA) is 53.6 Å². The van der Waals surface area contributed by atoms with E-state index < -0.39 is 17.6 Å². The summed E-state index contributed by atoms with van der Waals surface area (Å²) in [5.74, 6) is 0.166. The number of amides is 1. The summed E-state index contributed by atoms with van der Waals surface area (Å²) in [6, 6.07) is 10.0. The quantitative estimate of drug-likeness (QED) is 0.657. The minimum absolute atomic E-state index is 0.0753. The van der Waals surface area contributed by atoms with E-state index in [9.17, 15) is 18.0 Å². The Bertz CT molecular complexity index is 911. The van der Waals surface area contributed by atoms with E-state index in [0.717, 1.165) is 38.1 Å². The van der Waals surface area contributed by atoms with Crippen LogP contribution in [0.5, 0.6) is 5.75 Å². The summed E-state index contributed by atoms with van der Waals surface area (Å²) in [7, 11) is 0. The molecule has 160 valence electrons. The lowest BCUT2D eigenvalue weighted by molar-refractivity contribution is -0.137. The number of halogens is 3. The first kappa shape index (κ1) is 21.9. The smallest absolute Gasteiger partial charge is 0.416 e. The lowest BCUT2D eigenvalue weighted by Crippen LogP contribution is -2.34. The summed E-state index contributed by atoms with van der Waals surface area (Å²) in [6.45, 7) is 3.88. The molecule has 0 bridgehead atoms. The number of ether oxygens (including phenoxy) is 1. The highest BCUT2D eigenvalue weighted by molar-refractivity contribution is 7.80. The van der Waals surface area contributed by atoms with Crippen molar-refractivity contribution in [1.29, 1.82) is 0 Å². The molecule has 0 spiro atoms. The molecule has 0 saturated carbocycles. The van der Waals surface area contributed by atoms with Crippen LogP contribution in [0.3, 0.4) is 0 Å². The maximum Gasteiger partial charge on any atom is 0.416 e. The molecule has 9 heteroatoms. The van der Waals surface area contributed by atoms with Gasteiger partial charge in [-0.25, -0.2) is 0 Å². The Morgan fingerprint density at radius 3 is 2.40 bits per heavy atom. The van der Waals surface area contributed by atoms with Crippen LogP contribution in [0.25, 0.3) is 0 Å². The first-order valence-electron chi connectivity index (χ1n) is 9.59. The number of anilines is 2. The highest BCUT2D eigenvalue weighted by Gasteiger charge is 2.32. The van der Waals surface area contributed by atoms with Crippen molar-refractivity contribution in [1.82, 2.24) is 5.32 Å². The van der Waals surface area contributed by atoms with Crippen molar-refractivity contribution >= 4 is 34.6 Å². The van der Waals surface area contributed by atoms with Gasteiger partial charge in [0.25, 0.3) is 5.91 Å². The van der Waals surface area contributed by atoms with Gasteiger partial charge in [0, 0.05) is 18.7 Å². The van der Waals surface area contributed by atoms with Crippen LogP contribution < -0.4 is 20.3 Å². The van der Waals surface area contributed by atoms with E-state index in [1.807, 2.05) is 11.8 Å². The van der Waals surface area contributed by atoms with Gasteiger partial charge in [0.15, 0.2) is 5.11 Å². The zero-order chi connectivity index (χ0) is 21.7. The number of carbonyl (C=O) groups is 1. The number of carbonyl (C=O) groups excluding carboxylic acids is 1. The second-order valence-corrected chi connectivity index (χ2v) is 7.20. The molecular weight excluding hydrogens is 415 g/mol. The predicted octanol–water partition coefficient (Wildman–Crippen LogP) is 4.83. The molecule has 1 saturated heterocycles. The van der Waals surface area contributed by atoms with Gasteiger partial charge in [0.1, 0.15) is 5.75 Å². The number of alkyl halides is 3. The average Bonchev–Trinajstić information content (AvgIpc) is 3.22. The molecule has 5 nitrogen and oxygen atoms in total. The predicted molar refractivity (Wildman–Crippen MR) is 114 cm³/mol. The van der Waals surface area contributed by atoms with Gasteiger partial charge in [-0.2, -0.15) is 13.2 Å². The SMILES string of the molecule is CCOc1ccc(C(=O)NC(=S)Nc2cc(C(F)(F)F)ccc2N2CCCC2)cc1. The van der Waals surface area contributed by atoms with E-state index >= 15 is 0 Å². The molecule has 2 N–H and O–H groups in total. The summed E-state index contributed by atoms with van der Waals surface area (Å²) in [5, 5.41) is 5.20. The largest absolute Gasteiger partial charge is 0.494 e. The number of hydrogen-bond acceptors (Lipinski definition) is 4. The van der Waals surface area contributed by atoms with Gasteiger partial charge in [-0.1, -0.05) is 0 Å². The molecule has 1 aliphatic heterocycles. The Kier molecular flexibility index (Phi) is 6.81. The lowest BCUT2D eigenvalue weighted by atomic mass is 10.1. The number of thiocarbonyl (C=S) groups is 1. The maximum absolute atomic E-state index is 13.2. The first-order valence-corrected chi connectivity index (χ1v) is 10.00. The van der Waals surface area contributed by atoms with Gasteiger partial charge in [0.05, 0.1) is 23.5 Å². The lowest BCUT2D eigenvalue weighted by Gasteiger charge is -2.23. The van der Waals surface area contributed by atoms with Crippen LogP contribution in [0.15, 0.2) is 42.5 Å². The third-order valence-corrected chi connectivity index (χ3v) is 4.88. The number of rotatable bonds is 5. The second kappa shape index (κ2) is 9.34. The number of nitrogens with one attached hydrogen (secondary N) is 2. The summed E-state index contributed by atoms with van der Waals surface area (Å²) in [5.41, 5.74) is 0.405. The highest BCUT2D eigenvalue weighted by atomic mass is 32.1. The van der Waals surface area contributed by atoms with Crippen molar-refractivity contribution in [2.75, 3.05) is 29.9 Å². The Labute approximate surface area is 178 Å². The van der Waals surface area contributed by atoms with Gasteiger partial charge < -0.3 is 15.0 Å². The van der Waals surface area contributed by atoms with E-state index in [-0.39, 0.29) is 10.8 Å². The summed E-state index contributed by atoms with van der Waals surface area (Å²) in [4.78, 5) is 14.4. The van der Waals surface area contributed by atoms with Crippen LogP contribution in [0.1, 0.15) is 35.7 Å². The van der Waals surface area contributed by atoms with Crippen molar-refractivity contribution in [3.05, 3.63) is 53.6 Å². The Hall–Kier alpha value is -2.81. The molecule has 0 atom stereocenters. The van der Waals surface area contributed by atoms with Crippen molar-refractivity contribution in [3.8, 4) is 5.75 Å². The fourth-order valence-electron chi connectivity index (χ4n) is 3.24. The van der Waals surface area contributed by atoms with E-state index in [4.69, 9.17) is 17.0 Å². The summed E-state index contributed by atoms with van der Waals surface area (Å²) in [6.07, 6.45) is -2.54. The van der Waals surface area contributed by atoms with Crippen molar-refractivity contribution < 1.29 is 22.7 Å². The monoisotopic (exact) mass is 437 g/mol. The minimum Gasteiger partial charge on any atom is -0.494 e. The van der Waals surface area contributed by atoms with Crippen LogP contribution in [0, 0.1) is 0 Å².